The maximum absolute atomic E-state index is 12.4. The van der Waals surface area contributed by atoms with Crippen molar-refractivity contribution in [3.8, 4) is 11.8 Å². The first-order valence-electron chi connectivity index (χ1n) is 7.35. The van der Waals surface area contributed by atoms with Gasteiger partial charge in [0.15, 0.2) is 0 Å². The molecule has 0 radical (unpaired) electrons. The van der Waals surface area contributed by atoms with Gasteiger partial charge < -0.3 is 14.8 Å². The Bertz CT molecular complexity index is 689. The standard InChI is InChI=1S/C17H21N3O3/c1-11-6-5-9-18-14(11)10-12(2)19-16(21)13-7-8-15(22-3)20-17(13)23-4/h5-9,12H,10H2,1-4H3,(H,19,21). The molecule has 0 saturated carbocycles. The van der Waals surface area contributed by atoms with Crippen LogP contribution in [0.5, 0.6) is 11.8 Å². The quantitative estimate of drug-likeness (QED) is 0.884. The summed E-state index contributed by atoms with van der Waals surface area (Å²) in [6.07, 6.45) is 2.41. The molecule has 2 aromatic rings. The minimum atomic E-state index is -0.238. The van der Waals surface area contributed by atoms with Crippen LogP contribution >= 0.6 is 0 Å². The Hall–Kier alpha value is -2.63. The molecule has 2 rings (SSSR count). The van der Waals surface area contributed by atoms with Crippen LogP contribution < -0.4 is 14.8 Å². The predicted molar refractivity (Wildman–Crippen MR) is 86.9 cm³/mol. The number of ether oxygens (including phenoxy) is 2. The van der Waals surface area contributed by atoms with Crippen LogP contribution in [0, 0.1) is 6.92 Å². The molecule has 6 nitrogen and oxygen atoms in total. The Morgan fingerprint density at radius 1 is 1.26 bits per heavy atom. The van der Waals surface area contributed by atoms with E-state index in [0.29, 0.717) is 17.9 Å². The number of carbonyl (C=O) groups excluding carboxylic acids is 1. The smallest absolute Gasteiger partial charge is 0.256 e. The average molecular weight is 315 g/mol. The molecule has 122 valence electrons. The summed E-state index contributed by atoms with van der Waals surface area (Å²) in [4.78, 5) is 20.9. The van der Waals surface area contributed by atoms with Gasteiger partial charge in [-0.3, -0.25) is 9.78 Å². The second-order valence-electron chi connectivity index (χ2n) is 5.26. The van der Waals surface area contributed by atoms with Crippen molar-refractivity contribution in [2.45, 2.75) is 26.3 Å². The molecular formula is C17H21N3O3. The van der Waals surface area contributed by atoms with Crippen LogP contribution in [0.15, 0.2) is 30.5 Å². The third-order valence-electron chi connectivity index (χ3n) is 3.48. The van der Waals surface area contributed by atoms with Crippen LogP contribution in [0.1, 0.15) is 28.5 Å². The minimum Gasteiger partial charge on any atom is -0.481 e. The highest BCUT2D eigenvalue weighted by molar-refractivity contribution is 5.96. The highest BCUT2D eigenvalue weighted by Crippen LogP contribution is 2.19. The first-order valence-corrected chi connectivity index (χ1v) is 7.35. The molecule has 1 amide bonds. The van der Waals surface area contributed by atoms with Gasteiger partial charge in [0.25, 0.3) is 5.91 Å². The van der Waals surface area contributed by atoms with Crippen molar-refractivity contribution in [1.82, 2.24) is 15.3 Å². The maximum Gasteiger partial charge on any atom is 0.256 e. The van der Waals surface area contributed by atoms with Gasteiger partial charge in [0.05, 0.1) is 14.2 Å². The summed E-state index contributed by atoms with van der Waals surface area (Å²) in [7, 11) is 2.98. The van der Waals surface area contributed by atoms with Crippen molar-refractivity contribution in [1.29, 1.82) is 0 Å². The van der Waals surface area contributed by atoms with E-state index in [0.717, 1.165) is 11.3 Å². The lowest BCUT2D eigenvalue weighted by Gasteiger charge is -2.16. The van der Waals surface area contributed by atoms with Crippen LogP contribution in [0.4, 0.5) is 0 Å². The first kappa shape index (κ1) is 16.7. The number of hydrogen-bond acceptors (Lipinski definition) is 5. The zero-order valence-electron chi connectivity index (χ0n) is 13.8. The lowest BCUT2D eigenvalue weighted by atomic mass is 10.1. The summed E-state index contributed by atoms with van der Waals surface area (Å²) in [5.74, 6) is 0.400. The summed E-state index contributed by atoms with van der Waals surface area (Å²) in [6, 6.07) is 7.11. The van der Waals surface area contributed by atoms with Crippen LogP contribution in [0.2, 0.25) is 0 Å². The summed E-state index contributed by atoms with van der Waals surface area (Å²) >= 11 is 0. The van der Waals surface area contributed by atoms with Gasteiger partial charge in [0.1, 0.15) is 5.56 Å². The van der Waals surface area contributed by atoms with E-state index in [4.69, 9.17) is 9.47 Å². The molecule has 1 unspecified atom stereocenters. The molecule has 2 heterocycles. The van der Waals surface area contributed by atoms with E-state index in [-0.39, 0.29) is 17.8 Å². The van der Waals surface area contributed by atoms with E-state index >= 15 is 0 Å². The second kappa shape index (κ2) is 7.58. The number of nitrogens with one attached hydrogen (secondary N) is 1. The van der Waals surface area contributed by atoms with Crippen LogP contribution in [0.3, 0.4) is 0 Å². The van der Waals surface area contributed by atoms with E-state index in [1.54, 1.807) is 18.3 Å². The largest absolute Gasteiger partial charge is 0.481 e. The van der Waals surface area contributed by atoms with E-state index in [1.807, 2.05) is 26.0 Å². The molecule has 23 heavy (non-hydrogen) atoms. The highest BCUT2D eigenvalue weighted by atomic mass is 16.5. The van der Waals surface area contributed by atoms with E-state index in [2.05, 4.69) is 15.3 Å². The minimum absolute atomic E-state index is 0.0668. The SMILES string of the molecule is COc1ccc(C(=O)NC(C)Cc2ncccc2C)c(OC)n1. The summed E-state index contributed by atoms with van der Waals surface area (Å²) < 4.78 is 10.2. The van der Waals surface area contributed by atoms with Crippen LogP contribution in [-0.4, -0.2) is 36.1 Å². The van der Waals surface area contributed by atoms with Gasteiger partial charge >= 0.3 is 0 Å². The number of aryl methyl sites for hydroxylation is 1. The van der Waals surface area contributed by atoms with Gasteiger partial charge in [0.2, 0.25) is 11.8 Å². The lowest BCUT2D eigenvalue weighted by molar-refractivity contribution is 0.0936. The number of amides is 1. The van der Waals surface area contributed by atoms with Gasteiger partial charge in [-0.15, -0.1) is 0 Å². The fourth-order valence-electron chi connectivity index (χ4n) is 2.24. The van der Waals surface area contributed by atoms with E-state index in [9.17, 15) is 4.79 Å². The van der Waals surface area contributed by atoms with Crippen molar-refractivity contribution >= 4 is 5.91 Å². The molecule has 0 saturated heterocycles. The zero-order chi connectivity index (χ0) is 16.8. The molecule has 1 atom stereocenters. The Balaban J connectivity index is 2.08. The number of aromatic nitrogens is 2. The molecule has 0 aliphatic rings. The maximum atomic E-state index is 12.4. The monoisotopic (exact) mass is 315 g/mol. The highest BCUT2D eigenvalue weighted by Gasteiger charge is 2.17. The van der Waals surface area contributed by atoms with Crippen molar-refractivity contribution in [3.05, 3.63) is 47.3 Å². The van der Waals surface area contributed by atoms with E-state index in [1.165, 1.54) is 14.2 Å². The van der Waals surface area contributed by atoms with Crippen molar-refractivity contribution in [2.75, 3.05) is 14.2 Å². The topological polar surface area (TPSA) is 73.3 Å². The molecule has 2 aromatic heterocycles. The number of methoxy groups -OCH3 is 2. The number of rotatable bonds is 6. The van der Waals surface area contributed by atoms with Gasteiger partial charge in [-0.1, -0.05) is 6.07 Å². The van der Waals surface area contributed by atoms with Crippen LogP contribution in [0.25, 0.3) is 0 Å². The first-order chi connectivity index (χ1) is 11.0. The molecule has 6 heteroatoms. The molecule has 1 N–H and O–H groups in total. The van der Waals surface area contributed by atoms with Crippen molar-refractivity contribution < 1.29 is 14.3 Å². The molecule has 0 aliphatic carbocycles. The Labute approximate surface area is 135 Å². The fourth-order valence-corrected chi connectivity index (χ4v) is 2.24. The van der Waals surface area contributed by atoms with Gasteiger partial charge in [-0.25, -0.2) is 0 Å². The summed E-state index contributed by atoms with van der Waals surface area (Å²) in [5.41, 5.74) is 2.45. The zero-order valence-corrected chi connectivity index (χ0v) is 13.8. The predicted octanol–water partition coefficient (Wildman–Crippen LogP) is 2.16. The third-order valence-corrected chi connectivity index (χ3v) is 3.48. The van der Waals surface area contributed by atoms with Crippen molar-refractivity contribution in [2.24, 2.45) is 0 Å². The Morgan fingerprint density at radius 2 is 2.04 bits per heavy atom. The van der Waals surface area contributed by atoms with Crippen LogP contribution in [-0.2, 0) is 6.42 Å². The van der Waals surface area contributed by atoms with Crippen molar-refractivity contribution in [3.63, 3.8) is 0 Å². The normalized spacial score (nSPS) is 11.7. The fraction of sp³-hybridized carbons (Fsp3) is 0.353. The lowest BCUT2D eigenvalue weighted by Crippen LogP contribution is -2.34. The third kappa shape index (κ3) is 4.18. The number of pyridine rings is 2. The number of hydrogen-bond donors (Lipinski definition) is 1. The molecule has 0 bridgehead atoms. The molecule has 0 aromatic carbocycles. The molecular weight excluding hydrogens is 294 g/mol. The second-order valence-corrected chi connectivity index (χ2v) is 5.26. The molecule has 0 fully saturated rings. The average Bonchev–Trinajstić information content (AvgIpc) is 2.56. The Morgan fingerprint density at radius 3 is 2.70 bits per heavy atom. The van der Waals surface area contributed by atoms with Gasteiger partial charge in [-0.05, 0) is 31.5 Å². The molecule has 0 aliphatic heterocycles. The Kier molecular flexibility index (Phi) is 5.51. The van der Waals surface area contributed by atoms with E-state index < -0.39 is 0 Å². The van der Waals surface area contributed by atoms with Gasteiger partial charge in [0, 0.05) is 30.4 Å². The number of nitrogens with zero attached hydrogens (tertiary/aromatic N) is 2. The van der Waals surface area contributed by atoms with Gasteiger partial charge in [-0.2, -0.15) is 4.98 Å². The summed E-state index contributed by atoms with van der Waals surface area (Å²) in [5, 5.41) is 2.94. The number of carbonyl (C=O) groups is 1. The molecule has 0 spiro atoms. The summed E-state index contributed by atoms with van der Waals surface area (Å²) in [6.45, 7) is 3.95.